The summed E-state index contributed by atoms with van der Waals surface area (Å²) >= 11 is 0. The van der Waals surface area contributed by atoms with E-state index in [1.165, 1.54) is 7.11 Å². The topological polar surface area (TPSA) is 115 Å². The van der Waals surface area contributed by atoms with Gasteiger partial charge in [-0.1, -0.05) is 0 Å². The zero-order valence-corrected chi connectivity index (χ0v) is 14.9. The van der Waals surface area contributed by atoms with Gasteiger partial charge in [0.1, 0.15) is 12.2 Å². The van der Waals surface area contributed by atoms with Gasteiger partial charge in [0.05, 0.1) is 6.61 Å². The molecule has 3 N–H and O–H groups in total. The predicted octanol–water partition coefficient (Wildman–Crippen LogP) is 0.492. The maximum absolute atomic E-state index is 11.5. The Morgan fingerprint density at radius 1 is 0.958 bits per heavy atom. The average Bonchev–Trinajstić information content (AvgIpc) is 2.44. The van der Waals surface area contributed by atoms with E-state index in [0.717, 1.165) is 0 Å². The summed E-state index contributed by atoms with van der Waals surface area (Å²) in [6.07, 6.45) is 0.955. The summed E-state index contributed by atoms with van der Waals surface area (Å²) in [6, 6.07) is 0. The summed E-state index contributed by atoms with van der Waals surface area (Å²) < 4.78 is 9.65. The van der Waals surface area contributed by atoms with E-state index in [-0.39, 0.29) is 31.4 Å². The van der Waals surface area contributed by atoms with Gasteiger partial charge in [-0.15, -0.1) is 0 Å². The molecule has 0 atom stereocenters. The maximum atomic E-state index is 11.5. The molecule has 0 saturated carbocycles. The van der Waals surface area contributed by atoms with Gasteiger partial charge in [0.2, 0.25) is 11.8 Å². The van der Waals surface area contributed by atoms with Gasteiger partial charge in [-0.2, -0.15) is 5.48 Å². The zero-order chi connectivity index (χ0) is 18.4. The fourth-order valence-corrected chi connectivity index (χ4v) is 1.52. The van der Waals surface area contributed by atoms with Crippen LogP contribution in [0.2, 0.25) is 0 Å². The number of unbranched alkanes of at least 4 members (excludes halogenated alkanes) is 1. The highest BCUT2D eigenvalue weighted by molar-refractivity contribution is 5.79. The lowest BCUT2D eigenvalue weighted by atomic mass is 10.2. The number of hydrogen-bond acceptors (Lipinski definition) is 6. The molecule has 0 rings (SSSR count). The van der Waals surface area contributed by atoms with Crippen LogP contribution in [0.5, 0.6) is 0 Å². The highest BCUT2D eigenvalue weighted by Gasteiger charge is 2.15. The molecule has 0 fully saturated rings. The van der Waals surface area contributed by atoms with Crippen LogP contribution in [-0.4, -0.2) is 56.9 Å². The first-order chi connectivity index (χ1) is 11.2. The number of hydrogen-bond donors (Lipinski definition) is 3. The fourth-order valence-electron chi connectivity index (χ4n) is 1.52. The zero-order valence-electron chi connectivity index (χ0n) is 14.9. The van der Waals surface area contributed by atoms with Crippen molar-refractivity contribution in [1.29, 1.82) is 0 Å². The van der Waals surface area contributed by atoms with Gasteiger partial charge in [-0.3, -0.25) is 14.4 Å². The summed E-state index contributed by atoms with van der Waals surface area (Å²) in [4.78, 5) is 38.8. The number of ether oxygens (including phenoxy) is 2. The molecule has 0 aliphatic rings. The first-order valence-corrected chi connectivity index (χ1v) is 7.87. The smallest absolute Gasteiger partial charge is 0.431 e. The Morgan fingerprint density at radius 2 is 1.62 bits per heavy atom. The molecule has 0 aliphatic heterocycles. The first kappa shape index (κ1) is 22.1. The Morgan fingerprint density at radius 3 is 2.25 bits per heavy atom. The largest absolute Gasteiger partial charge is 0.442 e. The number of methoxy groups -OCH3 is 1. The molecular weight excluding hydrogens is 318 g/mol. The standard InChI is InChI=1S/C15H29N3O6/c1-15(2,3)24-14(21)18-23-10-6-5-8-16-12(19)7-9-17-13(20)11-22-4/h5-11H2,1-4H3,(H,16,19)(H,17,20)(H,18,21). The van der Waals surface area contributed by atoms with Crippen molar-refractivity contribution < 1.29 is 28.7 Å². The third kappa shape index (κ3) is 15.0. The summed E-state index contributed by atoms with van der Waals surface area (Å²) in [7, 11) is 1.43. The summed E-state index contributed by atoms with van der Waals surface area (Å²) in [5, 5.41) is 5.29. The quantitative estimate of drug-likeness (QED) is 0.370. The van der Waals surface area contributed by atoms with Crippen LogP contribution in [0.15, 0.2) is 0 Å². The van der Waals surface area contributed by atoms with E-state index in [0.29, 0.717) is 26.0 Å². The highest BCUT2D eigenvalue weighted by Crippen LogP contribution is 2.06. The van der Waals surface area contributed by atoms with Gasteiger partial charge in [0.25, 0.3) is 0 Å². The summed E-state index contributed by atoms with van der Waals surface area (Å²) in [6.45, 7) is 6.37. The van der Waals surface area contributed by atoms with Gasteiger partial charge >= 0.3 is 6.09 Å². The van der Waals surface area contributed by atoms with Crippen LogP contribution in [0.4, 0.5) is 4.79 Å². The normalized spacial score (nSPS) is 10.8. The molecule has 0 unspecified atom stereocenters. The maximum Gasteiger partial charge on any atom is 0.431 e. The average molecular weight is 347 g/mol. The Bertz CT molecular complexity index is 395. The van der Waals surface area contributed by atoms with Gasteiger partial charge in [0, 0.05) is 26.6 Å². The van der Waals surface area contributed by atoms with Crippen LogP contribution in [-0.2, 0) is 23.9 Å². The summed E-state index contributed by atoms with van der Waals surface area (Å²) in [5.74, 6) is -0.388. The van der Waals surface area contributed by atoms with Gasteiger partial charge in [-0.25, -0.2) is 4.79 Å². The van der Waals surface area contributed by atoms with Crippen LogP contribution in [0, 0.1) is 0 Å². The molecule has 3 amide bonds. The number of nitrogens with one attached hydrogen (secondary N) is 3. The van der Waals surface area contributed by atoms with Gasteiger partial charge < -0.3 is 20.1 Å². The molecule has 24 heavy (non-hydrogen) atoms. The van der Waals surface area contributed by atoms with Crippen molar-refractivity contribution in [2.24, 2.45) is 0 Å². The lowest BCUT2D eigenvalue weighted by Gasteiger charge is -2.19. The molecule has 0 aromatic rings. The number of amides is 3. The molecule has 9 nitrogen and oxygen atoms in total. The van der Waals surface area contributed by atoms with E-state index in [2.05, 4.69) is 20.9 Å². The number of hydroxylamine groups is 1. The van der Waals surface area contributed by atoms with Gasteiger partial charge in [0.15, 0.2) is 0 Å². The molecule has 0 aliphatic carbocycles. The SMILES string of the molecule is COCC(=O)NCCC(=O)NCCCCONC(=O)OC(C)(C)C. The van der Waals surface area contributed by atoms with E-state index in [9.17, 15) is 14.4 Å². The van der Waals surface area contributed by atoms with E-state index in [1.54, 1.807) is 20.8 Å². The Kier molecular flexibility index (Phi) is 11.6. The van der Waals surface area contributed by atoms with Gasteiger partial charge in [-0.05, 0) is 33.6 Å². The van der Waals surface area contributed by atoms with E-state index in [1.807, 2.05) is 0 Å². The Hall–Kier alpha value is -1.87. The fraction of sp³-hybridized carbons (Fsp3) is 0.800. The van der Waals surface area contributed by atoms with Crippen molar-refractivity contribution in [2.45, 2.75) is 45.6 Å². The molecule has 9 heteroatoms. The second-order valence-electron chi connectivity index (χ2n) is 6.04. The van der Waals surface area contributed by atoms with E-state index >= 15 is 0 Å². The predicted molar refractivity (Wildman–Crippen MR) is 87.1 cm³/mol. The lowest BCUT2D eigenvalue weighted by molar-refractivity contribution is -0.125. The molecule has 140 valence electrons. The van der Waals surface area contributed by atoms with Crippen LogP contribution >= 0.6 is 0 Å². The third-order valence-electron chi connectivity index (χ3n) is 2.50. The van der Waals surface area contributed by atoms with Crippen molar-refractivity contribution in [3.63, 3.8) is 0 Å². The van der Waals surface area contributed by atoms with Crippen molar-refractivity contribution in [3.8, 4) is 0 Å². The number of carbonyl (C=O) groups excluding carboxylic acids is 3. The minimum atomic E-state index is -0.633. The Labute approximate surface area is 142 Å². The molecular formula is C15H29N3O6. The molecule has 0 heterocycles. The van der Waals surface area contributed by atoms with E-state index in [4.69, 9.17) is 9.57 Å². The van der Waals surface area contributed by atoms with E-state index < -0.39 is 11.7 Å². The Balaban J connectivity index is 3.45. The second-order valence-corrected chi connectivity index (χ2v) is 6.04. The number of carbonyl (C=O) groups is 3. The number of rotatable bonds is 11. The van der Waals surface area contributed by atoms with Crippen LogP contribution in [0.1, 0.15) is 40.0 Å². The van der Waals surface area contributed by atoms with Crippen molar-refractivity contribution in [3.05, 3.63) is 0 Å². The van der Waals surface area contributed by atoms with Crippen molar-refractivity contribution >= 4 is 17.9 Å². The first-order valence-electron chi connectivity index (χ1n) is 7.87. The second kappa shape index (κ2) is 12.5. The molecule has 0 spiro atoms. The highest BCUT2D eigenvalue weighted by atomic mass is 16.7. The minimum Gasteiger partial charge on any atom is -0.442 e. The summed E-state index contributed by atoms with van der Waals surface area (Å²) in [5.41, 5.74) is 1.62. The molecule has 0 saturated heterocycles. The third-order valence-corrected chi connectivity index (χ3v) is 2.50. The van der Waals surface area contributed by atoms with Crippen molar-refractivity contribution in [2.75, 3.05) is 33.4 Å². The van der Waals surface area contributed by atoms with Crippen molar-refractivity contribution in [1.82, 2.24) is 16.1 Å². The molecule has 0 bridgehead atoms. The molecule has 0 radical (unpaired) electrons. The molecule has 0 aromatic heterocycles. The van der Waals surface area contributed by atoms with Crippen LogP contribution in [0.25, 0.3) is 0 Å². The lowest BCUT2D eigenvalue weighted by Crippen LogP contribution is -2.33. The van der Waals surface area contributed by atoms with Crippen LogP contribution in [0.3, 0.4) is 0 Å². The monoisotopic (exact) mass is 347 g/mol. The molecule has 0 aromatic carbocycles. The van der Waals surface area contributed by atoms with Crippen LogP contribution < -0.4 is 16.1 Å². The minimum absolute atomic E-state index is 0.0149.